The van der Waals surface area contributed by atoms with Crippen molar-refractivity contribution in [2.24, 2.45) is 0 Å². The highest BCUT2D eigenvalue weighted by Gasteiger charge is 2.38. The van der Waals surface area contributed by atoms with E-state index >= 15 is 0 Å². The molecule has 2 fully saturated rings. The Balaban J connectivity index is 1.96. The molecular formula is C14H29N3. The van der Waals surface area contributed by atoms with Crippen molar-refractivity contribution in [2.75, 3.05) is 46.3 Å². The molecule has 0 aromatic rings. The Kier molecular flexibility index (Phi) is 4.83. The van der Waals surface area contributed by atoms with Crippen LogP contribution in [0.5, 0.6) is 0 Å². The van der Waals surface area contributed by atoms with Gasteiger partial charge in [0.1, 0.15) is 0 Å². The maximum atomic E-state index is 3.45. The molecule has 0 spiro atoms. The SMILES string of the molecule is CCN1CCN(C2(CNC)CCCCC2)CC1. The largest absolute Gasteiger partial charge is 0.318 e. The number of hydrogen-bond donors (Lipinski definition) is 1. The first-order valence-corrected chi connectivity index (χ1v) is 7.43. The van der Waals surface area contributed by atoms with Crippen LogP contribution in [0.1, 0.15) is 39.0 Å². The van der Waals surface area contributed by atoms with Gasteiger partial charge in [0, 0.05) is 38.3 Å². The van der Waals surface area contributed by atoms with Crippen molar-refractivity contribution in [3.63, 3.8) is 0 Å². The topological polar surface area (TPSA) is 18.5 Å². The predicted octanol–water partition coefficient (Wildman–Crippen LogP) is 1.55. The minimum absolute atomic E-state index is 0.479. The molecule has 17 heavy (non-hydrogen) atoms. The van der Waals surface area contributed by atoms with Crippen molar-refractivity contribution in [3.8, 4) is 0 Å². The van der Waals surface area contributed by atoms with Crippen LogP contribution >= 0.6 is 0 Å². The Morgan fingerprint density at radius 2 is 1.65 bits per heavy atom. The number of likely N-dealkylation sites (N-methyl/N-ethyl adjacent to an activating group) is 2. The van der Waals surface area contributed by atoms with Crippen LogP contribution < -0.4 is 5.32 Å². The van der Waals surface area contributed by atoms with Crippen LogP contribution in [-0.4, -0.2) is 61.7 Å². The van der Waals surface area contributed by atoms with E-state index in [2.05, 4.69) is 29.1 Å². The van der Waals surface area contributed by atoms with E-state index < -0.39 is 0 Å². The second-order valence-corrected chi connectivity index (χ2v) is 5.74. The molecule has 0 amide bonds. The summed E-state index contributed by atoms with van der Waals surface area (Å²) in [6.45, 7) is 9.75. The zero-order valence-corrected chi connectivity index (χ0v) is 11.7. The molecule has 1 saturated heterocycles. The quantitative estimate of drug-likeness (QED) is 0.803. The van der Waals surface area contributed by atoms with Gasteiger partial charge in [-0.3, -0.25) is 4.90 Å². The molecule has 2 rings (SSSR count). The van der Waals surface area contributed by atoms with E-state index in [1.807, 2.05) is 0 Å². The third-order valence-electron chi connectivity index (χ3n) is 4.78. The number of nitrogens with zero attached hydrogens (tertiary/aromatic N) is 2. The van der Waals surface area contributed by atoms with Gasteiger partial charge >= 0.3 is 0 Å². The molecule has 1 saturated carbocycles. The van der Waals surface area contributed by atoms with Crippen LogP contribution in [0, 0.1) is 0 Å². The predicted molar refractivity (Wildman–Crippen MR) is 73.4 cm³/mol. The molecule has 3 nitrogen and oxygen atoms in total. The van der Waals surface area contributed by atoms with Crippen LogP contribution in [-0.2, 0) is 0 Å². The van der Waals surface area contributed by atoms with Crippen molar-refractivity contribution in [1.82, 2.24) is 15.1 Å². The smallest absolute Gasteiger partial charge is 0.0334 e. The standard InChI is InChI=1S/C14H29N3/c1-3-16-9-11-17(12-10-16)14(13-15-2)7-5-4-6-8-14/h15H,3-13H2,1-2H3. The summed E-state index contributed by atoms with van der Waals surface area (Å²) in [6, 6.07) is 0. The highest BCUT2D eigenvalue weighted by molar-refractivity contribution is 4.96. The van der Waals surface area contributed by atoms with Gasteiger partial charge < -0.3 is 10.2 Å². The summed E-state index contributed by atoms with van der Waals surface area (Å²) in [6.07, 6.45) is 7.10. The van der Waals surface area contributed by atoms with Crippen LogP contribution in [0.15, 0.2) is 0 Å². The monoisotopic (exact) mass is 239 g/mol. The van der Waals surface area contributed by atoms with E-state index in [1.54, 1.807) is 0 Å². The molecule has 0 aromatic heterocycles. The van der Waals surface area contributed by atoms with Gasteiger partial charge in [-0.15, -0.1) is 0 Å². The minimum Gasteiger partial charge on any atom is -0.318 e. The summed E-state index contributed by atoms with van der Waals surface area (Å²) in [7, 11) is 2.11. The zero-order chi connectivity index (χ0) is 12.1. The summed E-state index contributed by atoms with van der Waals surface area (Å²) in [4.78, 5) is 5.36. The van der Waals surface area contributed by atoms with E-state index in [9.17, 15) is 0 Å². The molecule has 0 radical (unpaired) electrons. The number of hydrogen-bond acceptors (Lipinski definition) is 3. The third-order valence-corrected chi connectivity index (χ3v) is 4.78. The second kappa shape index (κ2) is 6.17. The minimum atomic E-state index is 0.479. The summed E-state index contributed by atoms with van der Waals surface area (Å²) in [5, 5.41) is 3.45. The Labute approximate surface area is 107 Å². The van der Waals surface area contributed by atoms with Crippen molar-refractivity contribution in [3.05, 3.63) is 0 Å². The van der Waals surface area contributed by atoms with E-state index in [0.717, 1.165) is 0 Å². The van der Waals surface area contributed by atoms with E-state index in [0.29, 0.717) is 5.54 Å². The Hall–Kier alpha value is -0.120. The van der Waals surface area contributed by atoms with Gasteiger partial charge in [-0.25, -0.2) is 0 Å². The van der Waals surface area contributed by atoms with Crippen LogP contribution in [0.2, 0.25) is 0 Å². The van der Waals surface area contributed by atoms with Gasteiger partial charge in [-0.2, -0.15) is 0 Å². The van der Waals surface area contributed by atoms with Gasteiger partial charge in [-0.05, 0) is 26.4 Å². The third kappa shape index (κ3) is 3.01. The lowest BCUT2D eigenvalue weighted by molar-refractivity contribution is 0.0101. The first kappa shape index (κ1) is 13.3. The highest BCUT2D eigenvalue weighted by Crippen LogP contribution is 2.33. The molecule has 1 heterocycles. The Morgan fingerprint density at radius 1 is 1.00 bits per heavy atom. The molecule has 1 N–H and O–H groups in total. The number of rotatable bonds is 4. The molecule has 2 aliphatic rings. The highest BCUT2D eigenvalue weighted by atomic mass is 15.3. The fourth-order valence-corrected chi connectivity index (χ4v) is 3.68. The van der Waals surface area contributed by atoms with Crippen molar-refractivity contribution in [1.29, 1.82) is 0 Å². The maximum Gasteiger partial charge on any atom is 0.0334 e. The normalized spacial score (nSPS) is 27.2. The summed E-state index contributed by atoms with van der Waals surface area (Å²) < 4.78 is 0. The van der Waals surface area contributed by atoms with Crippen LogP contribution in [0.3, 0.4) is 0 Å². The van der Waals surface area contributed by atoms with E-state index in [-0.39, 0.29) is 0 Å². The fraction of sp³-hybridized carbons (Fsp3) is 1.00. The van der Waals surface area contributed by atoms with E-state index in [1.165, 1.54) is 71.4 Å². The van der Waals surface area contributed by atoms with Crippen molar-refractivity contribution >= 4 is 0 Å². The molecule has 1 aliphatic heterocycles. The van der Waals surface area contributed by atoms with Crippen LogP contribution in [0.4, 0.5) is 0 Å². The van der Waals surface area contributed by atoms with Gasteiger partial charge in [0.2, 0.25) is 0 Å². The van der Waals surface area contributed by atoms with Gasteiger partial charge in [0.15, 0.2) is 0 Å². The molecular weight excluding hydrogens is 210 g/mol. The van der Waals surface area contributed by atoms with Crippen molar-refractivity contribution < 1.29 is 0 Å². The molecule has 0 bridgehead atoms. The first-order chi connectivity index (χ1) is 8.30. The summed E-state index contributed by atoms with van der Waals surface area (Å²) in [5.41, 5.74) is 0.479. The lowest BCUT2D eigenvalue weighted by Gasteiger charge is -2.50. The lowest BCUT2D eigenvalue weighted by Crippen LogP contribution is -2.61. The molecule has 0 atom stereocenters. The molecule has 0 aromatic carbocycles. The fourth-order valence-electron chi connectivity index (χ4n) is 3.68. The van der Waals surface area contributed by atoms with Gasteiger partial charge in [-0.1, -0.05) is 26.2 Å². The zero-order valence-electron chi connectivity index (χ0n) is 11.7. The average Bonchev–Trinajstić information content (AvgIpc) is 2.40. The average molecular weight is 239 g/mol. The second-order valence-electron chi connectivity index (χ2n) is 5.74. The molecule has 0 unspecified atom stereocenters. The Bertz CT molecular complexity index is 210. The molecule has 100 valence electrons. The van der Waals surface area contributed by atoms with Crippen molar-refractivity contribution in [2.45, 2.75) is 44.6 Å². The maximum absolute atomic E-state index is 3.45. The summed E-state index contributed by atoms with van der Waals surface area (Å²) >= 11 is 0. The first-order valence-electron chi connectivity index (χ1n) is 7.43. The van der Waals surface area contributed by atoms with E-state index in [4.69, 9.17) is 0 Å². The molecule has 3 heteroatoms. The lowest BCUT2D eigenvalue weighted by atomic mass is 9.79. The Morgan fingerprint density at radius 3 is 2.18 bits per heavy atom. The molecule has 1 aliphatic carbocycles. The summed E-state index contributed by atoms with van der Waals surface area (Å²) in [5.74, 6) is 0. The van der Waals surface area contributed by atoms with Crippen LogP contribution in [0.25, 0.3) is 0 Å². The number of nitrogens with one attached hydrogen (secondary N) is 1. The van der Waals surface area contributed by atoms with Gasteiger partial charge in [0.25, 0.3) is 0 Å². The number of piperazine rings is 1. The van der Waals surface area contributed by atoms with Gasteiger partial charge in [0.05, 0.1) is 0 Å².